The Labute approximate surface area is 162 Å². The average Bonchev–Trinajstić information content (AvgIpc) is 2.72. The lowest BCUT2D eigenvalue weighted by molar-refractivity contribution is 0.311. The fourth-order valence-electron chi connectivity index (χ4n) is 2.40. The van der Waals surface area contributed by atoms with Gasteiger partial charge in [0.2, 0.25) is 0 Å². The molecule has 142 valence electrons. The van der Waals surface area contributed by atoms with E-state index in [1.807, 2.05) is 49.4 Å². The quantitative estimate of drug-likeness (QED) is 0.469. The minimum absolute atomic E-state index is 0.0836. The molecule has 0 saturated carbocycles. The molecular weight excluding hydrogens is 357 g/mol. The number of aliphatic hydroxyl groups excluding tert-OH is 1. The van der Waals surface area contributed by atoms with Crippen LogP contribution in [-0.4, -0.2) is 18.3 Å². The normalized spacial score (nSPS) is 11.4. The van der Waals surface area contributed by atoms with Gasteiger partial charge in [-0.2, -0.15) is 20.5 Å². The van der Waals surface area contributed by atoms with Crippen molar-refractivity contribution in [3.05, 3.63) is 78.1 Å². The average molecular weight is 377 g/mol. The summed E-state index contributed by atoms with van der Waals surface area (Å²) in [5, 5.41) is 28.7. The standard InChI is InChI=1S/C21H20FN5O/c1-15-14-20(26-24-19-8-6-17(7-9-19)23-12-13-28)10-11-21(15)27-25-18-4-2-16(22)3-5-18/h2-11,14,23,28H,12-13H2,1H3/b26-24+,27-25+. The predicted octanol–water partition coefficient (Wildman–Crippen LogP) is 6.37. The van der Waals surface area contributed by atoms with E-state index in [4.69, 9.17) is 5.11 Å². The van der Waals surface area contributed by atoms with E-state index >= 15 is 0 Å². The number of anilines is 1. The summed E-state index contributed by atoms with van der Waals surface area (Å²) in [6.07, 6.45) is 0. The number of rotatable bonds is 7. The molecule has 28 heavy (non-hydrogen) atoms. The van der Waals surface area contributed by atoms with Crippen molar-refractivity contribution < 1.29 is 9.50 Å². The van der Waals surface area contributed by atoms with Gasteiger partial charge < -0.3 is 10.4 Å². The zero-order valence-electron chi connectivity index (χ0n) is 15.4. The number of azo groups is 2. The van der Waals surface area contributed by atoms with Gasteiger partial charge in [0.15, 0.2) is 0 Å². The van der Waals surface area contributed by atoms with Gasteiger partial charge in [-0.05, 0) is 79.2 Å². The van der Waals surface area contributed by atoms with E-state index < -0.39 is 0 Å². The first-order valence-electron chi connectivity index (χ1n) is 8.78. The Balaban J connectivity index is 1.66. The third kappa shape index (κ3) is 5.52. The second-order valence-electron chi connectivity index (χ2n) is 6.04. The van der Waals surface area contributed by atoms with E-state index in [1.165, 1.54) is 12.1 Å². The van der Waals surface area contributed by atoms with Crippen LogP contribution in [-0.2, 0) is 0 Å². The van der Waals surface area contributed by atoms with Crippen molar-refractivity contribution in [2.75, 3.05) is 18.5 Å². The van der Waals surface area contributed by atoms with Crippen molar-refractivity contribution in [3.63, 3.8) is 0 Å². The summed E-state index contributed by atoms with van der Waals surface area (Å²) in [6.45, 7) is 2.50. The largest absolute Gasteiger partial charge is 0.395 e. The maximum absolute atomic E-state index is 12.9. The van der Waals surface area contributed by atoms with Crippen LogP contribution in [0.5, 0.6) is 0 Å². The van der Waals surface area contributed by atoms with E-state index in [2.05, 4.69) is 25.8 Å². The van der Waals surface area contributed by atoms with Crippen LogP contribution in [0.2, 0.25) is 0 Å². The number of nitrogens with zero attached hydrogens (tertiary/aromatic N) is 4. The van der Waals surface area contributed by atoms with Crippen LogP contribution in [0.25, 0.3) is 0 Å². The summed E-state index contributed by atoms with van der Waals surface area (Å²) in [5.41, 5.74) is 4.56. The molecule has 0 spiro atoms. The Hall–Kier alpha value is -3.45. The van der Waals surface area contributed by atoms with Crippen molar-refractivity contribution in [2.24, 2.45) is 20.5 Å². The molecule has 3 rings (SSSR count). The minimum atomic E-state index is -0.305. The number of nitrogens with one attached hydrogen (secondary N) is 1. The third-order valence-corrected chi connectivity index (χ3v) is 3.87. The Morgan fingerprint density at radius 3 is 2.00 bits per heavy atom. The Bertz CT molecular complexity index is 969. The molecule has 0 aliphatic carbocycles. The molecular formula is C21H20FN5O. The van der Waals surface area contributed by atoms with Crippen molar-refractivity contribution in [1.29, 1.82) is 0 Å². The van der Waals surface area contributed by atoms with Crippen molar-refractivity contribution >= 4 is 28.4 Å². The Kier molecular flexibility index (Phi) is 6.54. The van der Waals surface area contributed by atoms with Gasteiger partial charge in [0.25, 0.3) is 0 Å². The monoisotopic (exact) mass is 377 g/mol. The van der Waals surface area contributed by atoms with E-state index in [-0.39, 0.29) is 12.4 Å². The summed E-state index contributed by atoms with van der Waals surface area (Å²) in [4.78, 5) is 0. The topological polar surface area (TPSA) is 81.7 Å². The number of aryl methyl sites for hydroxylation is 1. The highest BCUT2D eigenvalue weighted by Crippen LogP contribution is 2.27. The summed E-state index contributed by atoms with van der Waals surface area (Å²) in [7, 11) is 0. The van der Waals surface area contributed by atoms with Gasteiger partial charge in [-0.3, -0.25) is 0 Å². The lowest BCUT2D eigenvalue weighted by Crippen LogP contribution is -2.04. The molecule has 0 saturated heterocycles. The van der Waals surface area contributed by atoms with Gasteiger partial charge in [0, 0.05) is 12.2 Å². The number of halogens is 1. The van der Waals surface area contributed by atoms with Gasteiger partial charge in [-0.25, -0.2) is 4.39 Å². The van der Waals surface area contributed by atoms with Crippen LogP contribution < -0.4 is 5.32 Å². The molecule has 0 bridgehead atoms. The highest BCUT2D eigenvalue weighted by molar-refractivity contribution is 5.54. The number of hydrogen-bond acceptors (Lipinski definition) is 6. The summed E-state index contributed by atoms with van der Waals surface area (Å²) >= 11 is 0. The van der Waals surface area contributed by atoms with Gasteiger partial charge in [-0.15, -0.1) is 0 Å². The van der Waals surface area contributed by atoms with Gasteiger partial charge in [0.05, 0.1) is 29.4 Å². The summed E-state index contributed by atoms with van der Waals surface area (Å²) < 4.78 is 12.9. The fraction of sp³-hybridized carbons (Fsp3) is 0.143. The molecule has 7 heteroatoms. The van der Waals surface area contributed by atoms with Crippen molar-refractivity contribution in [1.82, 2.24) is 0 Å². The van der Waals surface area contributed by atoms with Crippen LogP contribution in [0.1, 0.15) is 5.56 Å². The molecule has 0 heterocycles. The molecule has 3 aromatic carbocycles. The van der Waals surface area contributed by atoms with Crippen LogP contribution in [0.15, 0.2) is 87.2 Å². The Morgan fingerprint density at radius 2 is 1.36 bits per heavy atom. The predicted molar refractivity (Wildman–Crippen MR) is 108 cm³/mol. The second-order valence-corrected chi connectivity index (χ2v) is 6.04. The Morgan fingerprint density at radius 1 is 0.786 bits per heavy atom. The van der Waals surface area contributed by atoms with Gasteiger partial charge in [-0.1, -0.05) is 0 Å². The van der Waals surface area contributed by atoms with Gasteiger partial charge in [0.1, 0.15) is 5.82 Å². The first kappa shape index (κ1) is 19.3. The van der Waals surface area contributed by atoms with E-state index in [0.29, 0.717) is 23.6 Å². The van der Waals surface area contributed by atoms with Gasteiger partial charge >= 0.3 is 0 Å². The molecule has 0 unspecified atom stereocenters. The van der Waals surface area contributed by atoms with Crippen molar-refractivity contribution in [2.45, 2.75) is 6.92 Å². The molecule has 0 atom stereocenters. The van der Waals surface area contributed by atoms with Crippen LogP contribution in [0.4, 0.5) is 32.8 Å². The minimum Gasteiger partial charge on any atom is -0.395 e. The zero-order valence-corrected chi connectivity index (χ0v) is 15.4. The maximum Gasteiger partial charge on any atom is 0.123 e. The molecule has 0 radical (unpaired) electrons. The lowest BCUT2D eigenvalue weighted by Gasteiger charge is -2.03. The zero-order chi connectivity index (χ0) is 19.8. The highest BCUT2D eigenvalue weighted by atomic mass is 19.1. The molecule has 0 aliphatic heterocycles. The molecule has 0 aliphatic rings. The fourth-order valence-corrected chi connectivity index (χ4v) is 2.40. The van der Waals surface area contributed by atoms with Crippen LogP contribution >= 0.6 is 0 Å². The van der Waals surface area contributed by atoms with E-state index in [1.54, 1.807) is 12.1 Å². The van der Waals surface area contributed by atoms with Crippen LogP contribution in [0, 0.1) is 12.7 Å². The summed E-state index contributed by atoms with van der Waals surface area (Å²) in [5.74, 6) is -0.305. The summed E-state index contributed by atoms with van der Waals surface area (Å²) in [6, 6.07) is 18.8. The molecule has 3 aromatic rings. The smallest absolute Gasteiger partial charge is 0.123 e. The van der Waals surface area contributed by atoms with E-state index in [0.717, 1.165) is 16.9 Å². The molecule has 0 fully saturated rings. The SMILES string of the molecule is Cc1cc(/N=N/c2ccc(NCCO)cc2)ccc1/N=N/c1ccc(F)cc1. The first-order chi connectivity index (χ1) is 13.6. The molecule has 0 aromatic heterocycles. The van der Waals surface area contributed by atoms with Crippen LogP contribution in [0.3, 0.4) is 0 Å². The molecule has 0 amide bonds. The lowest BCUT2D eigenvalue weighted by atomic mass is 10.2. The van der Waals surface area contributed by atoms with Crippen molar-refractivity contribution in [3.8, 4) is 0 Å². The van der Waals surface area contributed by atoms with E-state index in [9.17, 15) is 4.39 Å². The maximum atomic E-state index is 12.9. The number of hydrogen-bond donors (Lipinski definition) is 2. The third-order valence-electron chi connectivity index (χ3n) is 3.87. The number of benzene rings is 3. The molecule has 2 N–H and O–H groups in total. The molecule has 6 nitrogen and oxygen atoms in total. The highest BCUT2D eigenvalue weighted by Gasteiger charge is 2.00. The first-order valence-corrected chi connectivity index (χ1v) is 8.78. The second kappa shape index (κ2) is 9.48. The number of aliphatic hydroxyl groups is 1.